The van der Waals surface area contributed by atoms with Crippen LogP contribution in [0.3, 0.4) is 0 Å². The molecule has 1 aromatic rings. The van der Waals surface area contributed by atoms with Crippen LogP contribution < -0.4 is 5.73 Å². The number of nitrogens with zero attached hydrogens (tertiary/aromatic N) is 1. The first-order chi connectivity index (χ1) is 8.25. The quantitative estimate of drug-likeness (QED) is 0.637. The van der Waals surface area contributed by atoms with Gasteiger partial charge in [0.1, 0.15) is 11.5 Å². The Labute approximate surface area is 107 Å². The number of hydrogen-bond acceptors (Lipinski definition) is 3. The van der Waals surface area contributed by atoms with E-state index in [1.165, 1.54) is 37.7 Å². The minimum Gasteiger partial charge on any atom is -0.382 e. The zero-order chi connectivity index (χ0) is 12.1. The molecule has 0 spiro atoms. The Kier molecular flexibility index (Phi) is 4.42. The molecule has 3 N–H and O–H groups in total. The lowest BCUT2D eigenvalue weighted by Crippen LogP contribution is -2.13. The Hall–Kier alpha value is -1.03. The minimum atomic E-state index is 0.0505. The van der Waals surface area contributed by atoms with Gasteiger partial charge in [0.2, 0.25) is 0 Å². The van der Waals surface area contributed by atoms with E-state index in [1.807, 2.05) is 23.9 Å². The van der Waals surface area contributed by atoms with Crippen molar-refractivity contribution in [1.29, 1.82) is 5.41 Å². The molecule has 3 nitrogen and oxygen atoms in total. The average molecular weight is 249 g/mol. The molecule has 0 unspecified atom stereocenters. The Balaban J connectivity index is 1.89. The smallest absolute Gasteiger partial charge is 0.141 e. The first-order valence-corrected chi connectivity index (χ1v) is 7.21. The van der Waals surface area contributed by atoms with E-state index in [0.29, 0.717) is 5.69 Å². The zero-order valence-electron chi connectivity index (χ0n) is 9.98. The third-order valence-electron chi connectivity index (χ3n) is 3.14. The summed E-state index contributed by atoms with van der Waals surface area (Å²) in [6.07, 6.45) is 8.62. The van der Waals surface area contributed by atoms with E-state index in [2.05, 4.69) is 4.98 Å². The van der Waals surface area contributed by atoms with Gasteiger partial charge in [-0.15, -0.1) is 0 Å². The molecule has 4 heteroatoms. The Bertz CT molecular complexity index is 386. The van der Waals surface area contributed by atoms with Crippen molar-refractivity contribution in [3.63, 3.8) is 0 Å². The molecule has 0 atom stereocenters. The highest BCUT2D eigenvalue weighted by Crippen LogP contribution is 2.30. The summed E-state index contributed by atoms with van der Waals surface area (Å²) in [7, 11) is 0. The number of amidine groups is 1. The van der Waals surface area contributed by atoms with Gasteiger partial charge in [-0.3, -0.25) is 10.4 Å². The second kappa shape index (κ2) is 6.05. The molecule has 1 aliphatic carbocycles. The summed E-state index contributed by atoms with van der Waals surface area (Å²) in [6, 6.07) is 3.94. The van der Waals surface area contributed by atoms with Crippen LogP contribution in [0.15, 0.2) is 18.3 Å². The molecular weight excluding hydrogens is 230 g/mol. The van der Waals surface area contributed by atoms with Gasteiger partial charge in [0.15, 0.2) is 0 Å². The summed E-state index contributed by atoms with van der Waals surface area (Å²) in [4.78, 5) is 4.07. The molecule has 17 heavy (non-hydrogen) atoms. The summed E-state index contributed by atoms with van der Waals surface area (Å²) in [5.74, 6) is 1.06. The van der Waals surface area contributed by atoms with Crippen molar-refractivity contribution in [3.05, 3.63) is 29.6 Å². The fourth-order valence-corrected chi connectivity index (χ4v) is 3.43. The number of nitrogen functional groups attached to an aromatic ring is 1. The number of hydrogen-bond donors (Lipinski definition) is 2. The molecule has 0 bridgehead atoms. The number of pyridine rings is 1. The summed E-state index contributed by atoms with van der Waals surface area (Å²) < 4.78 is 0. The first kappa shape index (κ1) is 12.4. The molecule has 1 saturated carbocycles. The monoisotopic (exact) mass is 249 g/mol. The van der Waals surface area contributed by atoms with E-state index < -0.39 is 0 Å². The Morgan fingerprint density at radius 3 is 2.88 bits per heavy atom. The van der Waals surface area contributed by atoms with Crippen LogP contribution in [-0.4, -0.2) is 16.1 Å². The average Bonchev–Trinajstić information content (AvgIpc) is 2.38. The molecule has 1 aromatic heterocycles. The van der Waals surface area contributed by atoms with E-state index in [1.54, 1.807) is 6.20 Å². The van der Waals surface area contributed by atoms with Gasteiger partial charge in [-0.1, -0.05) is 19.3 Å². The van der Waals surface area contributed by atoms with Crippen LogP contribution >= 0.6 is 11.8 Å². The maximum atomic E-state index is 7.37. The number of nitrogens with one attached hydrogen (secondary N) is 1. The summed E-state index contributed by atoms with van der Waals surface area (Å²) in [6.45, 7) is 0. The highest BCUT2D eigenvalue weighted by atomic mass is 32.2. The predicted molar refractivity (Wildman–Crippen MR) is 73.4 cm³/mol. The third kappa shape index (κ3) is 3.73. The number of aromatic nitrogens is 1. The molecule has 0 radical (unpaired) electrons. The molecule has 1 heterocycles. The molecular formula is C13H19N3S. The lowest BCUT2D eigenvalue weighted by molar-refractivity contribution is 0.516. The van der Waals surface area contributed by atoms with Crippen molar-refractivity contribution < 1.29 is 0 Å². The summed E-state index contributed by atoms with van der Waals surface area (Å²) in [5, 5.41) is 8.19. The fraction of sp³-hybridized carbons (Fsp3) is 0.538. The number of thioether (sulfide) groups is 1. The highest BCUT2D eigenvalue weighted by Gasteiger charge is 2.13. The van der Waals surface area contributed by atoms with Crippen molar-refractivity contribution in [2.45, 2.75) is 43.1 Å². The van der Waals surface area contributed by atoms with Crippen LogP contribution in [0.4, 0.5) is 0 Å². The van der Waals surface area contributed by atoms with Gasteiger partial charge in [-0.25, -0.2) is 0 Å². The summed E-state index contributed by atoms with van der Waals surface area (Å²) in [5.41, 5.74) is 7.25. The van der Waals surface area contributed by atoms with Gasteiger partial charge in [-0.05, 0) is 30.5 Å². The van der Waals surface area contributed by atoms with Gasteiger partial charge in [-0.2, -0.15) is 11.8 Å². The van der Waals surface area contributed by atoms with Crippen molar-refractivity contribution >= 4 is 17.6 Å². The van der Waals surface area contributed by atoms with E-state index in [-0.39, 0.29) is 5.84 Å². The van der Waals surface area contributed by atoms with Crippen LogP contribution in [0, 0.1) is 5.41 Å². The Morgan fingerprint density at radius 1 is 1.41 bits per heavy atom. The lowest BCUT2D eigenvalue weighted by Gasteiger charge is -2.20. The molecule has 0 saturated heterocycles. The highest BCUT2D eigenvalue weighted by molar-refractivity contribution is 7.99. The fourth-order valence-electron chi connectivity index (χ4n) is 2.16. The van der Waals surface area contributed by atoms with E-state index in [4.69, 9.17) is 11.1 Å². The Morgan fingerprint density at radius 2 is 2.18 bits per heavy atom. The van der Waals surface area contributed by atoms with Crippen molar-refractivity contribution in [2.75, 3.05) is 0 Å². The largest absolute Gasteiger partial charge is 0.382 e. The van der Waals surface area contributed by atoms with Crippen LogP contribution in [0.2, 0.25) is 0 Å². The minimum absolute atomic E-state index is 0.0505. The maximum absolute atomic E-state index is 7.37. The standard InChI is InChI=1S/C13H19N3S/c14-13(15)12-8-10(6-7-16-12)9-17-11-4-2-1-3-5-11/h6-8,11H,1-5,9H2,(H3,14,15). The van der Waals surface area contributed by atoms with Gasteiger partial charge in [0, 0.05) is 17.2 Å². The topological polar surface area (TPSA) is 62.8 Å². The second-order valence-electron chi connectivity index (χ2n) is 4.53. The molecule has 2 rings (SSSR count). The summed E-state index contributed by atoms with van der Waals surface area (Å²) >= 11 is 2.03. The molecule has 92 valence electrons. The van der Waals surface area contributed by atoms with Gasteiger partial charge >= 0.3 is 0 Å². The maximum Gasteiger partial charge on any atom is 0.141 e. The molecule has 0 aliphatic heterocycles. The predicted octanol–water partition coefficient (Wildman–Crippen LogP) is 2.93. The normalized spacial score (nSPS) is 16.9. The van der Waals surface area contributed by atoms with E-state index >= 15 is 0 Å². The van der Waals surface area contributed by atoms with Gasteiger partial charge in [0.25, 0.3) is 0 Å². The molecule has 0 amide bonds. The zero-order valence-corrected chi connectivity index (χ0v) is 10.8. The lowest BCUT2D eigenvalue weighted by atomic mass is 10.0. The first-order valence-electron chi connectivity index (χ1n) is 6.16. The molecule has 1 aliphatic rings. The third-order valence-corrected chi connectivity index (χ3v) is 4.58. The van der Waals surface area contributed by atoms with E-state index in [0.717, 1.165) is 11.0 Å². The van der Waals surface area contributed by atoms with Gasteiger partial charge in [0.05, 0.1) is 0 Å². The van der Waals surface area contributed by atoms with Gasteiger partial charge < -0.3 is 5.73 Å². The van der Waals surface area contributed by atoms with Crippen LogP contribution in [0.25, 0.3) is 0 Å². The van der Waals surface area contributed by atoms with Crippen LogP contribution in [-0.2, 0) is 5.75 Å². The molecule has 0 aromatic carbocycles. The van der Waals surface area contributed by atoms with E-state index in [9.17, 15) is 0 Å². The second-order valence-corrected chi connectivity index (χ2v) is 5.82. The van der Waals surface area contributed by atoms with Crippen molar-refractivity contribution in [2.24, 2.45) is 5.73 Å². The van der Waals surface area contributed by atoms with Crippen molar-refractivity contribution in [1.82, 2.24) is 4.98 Å². The number of nitrogens with two attached hydrogens (primary N) is 1. The van der Waals surface area contributed by atoms with Crippen LogP contribution in [0.5, 0.6) is 0 Å². The SMILES string of the molecule is N=C(N)c1cc(CSC2CCCCC2)ccn1. The van der Waals surface area contributed by atoms with Crippen LogP contribution in [0.1, 0.15) is 43.4 Å². The number of rotatable bonds is 4. The van der Waals surface area contributed by atoms with Crippen molar-refractivity contribution in [3.8, 4) is 0 Å². The molecule has 1 fully saturated rings.